The van der Waals surface area contributed by atoms with E-state index in [9.17, 15) is 5.11 Å². The molecule has 1 aliphatic rings. The highest BCUT2D eigenvalue weighted by molar-refractivity contribution is 6.03. The second-order valence-electron chi connectivity index (χ2n) is 5.61. The first-order valence-corrected chi connectivity index (χ1v) is 7.34. The molecule has 0 saturated carbocycles. The molecule has 3 aromatic rings. The van der Waals surface area contributed by atoms with Gasteiger partial charge >= 0.3 is 0 Å². The number of aliphatic hydroxyl groups excluding tert-OH is 1. The van der Waals surface area contributed by atoms with Gasteiger partial charge < -0.3 is 21.1 Å². The number of para-hydroxylation sites is 1. The molecule has 1 aromatic heterocycles. The van der Waals surface area contributed by atoms with E-state index in [-0.39, 0.29) is 5.84 Å². The van der Waals surface area contributed by atoms with Crippen molar-refractivity contribution in [3.8, 4) is 0 Å². The molecule has 2 heterocycles. The van der Waals surface area contributed by atoms with Crippen molar-refractivity contribution < 1.29 is 5.11 Å². The van der Waals surface area contributed by atoms with E-state index >= 15 is 0 Å². The topological polar surface area (TPSA) is 97.9 Å². The van der Waals surface area contributed by atoms with Crippen LogP contribution in [0.4, 0.5) is 5.69 Å². The number of nitrogens with one attached hydrogen (secondary N) is 3. The maximum atomic E-state index is 10.3. The van der Waals surface area contributed by atoms with Gasteiger partial charge in [0.25, 0.3) is 0 Å². The van der Waals surface area contributed by atoms with E-state index in [4.69, 9.17) is 11.1 Å². The van der Waals surface area contributed by atoms with Crippen molar-refractivity contribution in [2.45, 2.75) is 6.23 Å². The molecule has 0 bridgehead atoms. The van der Waals surface area contributed by atoms with Crippen LogP contribution in [0.5, 0.6) is 0 Å². The molecule has 2 aromatic carbocycles. The van der Waals surface area contributed by atoms with Gasteiger partial charge in [-0.3, -0.25) is 5.41 Å². The summed E-state index contributed by atoms with van der Waals surface area (Å²) in [6.45, 7) is 0. The van der Waals surface area contributed by atoms with Crippen molar-refractivity contribution in [3.63, 3.8) is 0 Å². The first kappa shape index (κ1) is 13.6. The average molecular weight is 304 g/mol. The Morgan fingerprint density at radius 3 is 2.87 bits per heavy atom. The van der Waals surface area contributed by atoms with Gasteiger partial charge in [0.05, 0.1) is 0 Å². The lowest BCUT2D eigenvalue weighted by Crippen LogP contribution is -2.12. The lowest BCUT2D eigenvalue weighted by atomic mass is 10.0. The fraction of sp³-hybridized carbons (Fsp3) is 0.0556. The normalized spacial score (nSPS) is 18.1. The number of nitrogen functional groups attached to an aromatic ring is 1. The third kappa shape index (κ3) is 2.18. The minimum absolute atomic E-state index is 0.0413. The Balaban J connectivity index is 1.87. The third-order valence-electron chi connectivity index (χ3n) is 4.16. The van der Waals surface area contributed by atoms with Gasteiger partial charge in [0.2, 0.25) is 0 Å². The molecule has 0 amide bonds. The van der Waals surface area contributed by atoms with Crippen LogP contribution in [0.3, 0.4) is 0 Å². The lowest BCUT2D eigenvalue weighted by Gasteiger charge is -2.05. The highest BCUT2D eigenvalue weighted by Crippen LogP contribution is 2.36. The molecule has 0 radical (unpaired) electrons. The Hall–Kier alpha value is -3.05. The van der Waals surface area contributed by atoms with Crippen molar-refractivity contribution in [2.75, 3.05) is 5.32 Å². The molecule has 5 heteroatoms. The molecule has 0 aliphatic carbocycles. The Labute approximate surface area is 133 Å². The zero-order valence-electron chi connectivity index (χ0n) is 12.3. The second-order valence-corrected chi connectivity index (χ2v) is 5.61. The number of nitrogens with two attached hydrogens (primary N) is 1. The number of anilines is 1. The molecular weight excluding hydrogens is 288 g/mol. The van der Waals surface area contributed by atoms with Gasteiger partial charge in [0.15, 0.2) is 6.23 Å². The van der Waals surface area contributed by atoms with E-state index in [0.717, 1.165) is 33.3 Å². The number of aromatic nitrogens is 1. The summed E-state index contributed by atoms with van der Waals surface area (Å²) in [5.41, 5.74) is 10.9. The predicted octanol–water partition coefficient (Wildman–Crippen LogP) is 2.74. The Bertz CT molecular complexity index is 955. The zero-order valence-corrected chi connectivity index (χ0v) is 12.3. The van der Waals surface area contributed by atoms with E-state index in [1.54, 1.807) is 0 Å². The number of benzene rings is 2. The highest BCUT2D eigenvalue weighted by atomic mass is 16.3. The van der Waals surface area contributed by atoms with Gasteiger partial charge in [-0.05, 0) is 30.3 Å². The average Bonchev–Trinajstić information content (AvgIpc) is 3.09. The van der Waals surface area contributed by atoms with Crippen LogP contribution >= 0.6 is 0 Å². The molecule has 5 nitrogen and oxygen atoms in total. The summed E-state index contributed by atoms with van der Waals surface area (Å²) in [5, 5.41) is 21.9. The van der Waals surface area contributed by atoms with E-state index in [1.165, 1.54) is 0 Å². The number of hydrogen-bond acceptors (Lipinski definition) is 3. The van der Waals surface area contributed by atoms with Crippen LogP contribution in [0, 0.1) is 5.41 Å². The number of amidine groups is 1. The summed E-state index contributed by atoms with van der Waals surface area (Å²) in [6, 6.07) is 13.4. The minimum atomic E-state index is -0.728. The van der Waals surface area contributed by atoms with E-state index < -0.39 is 6.23 Å². The molecule has 0 spiro atoms. The molecule has 1 unspecified atom stereocenters. The summed E-state index contributed by atoms with van der Waals surface area (Å²) in [5.74, 6) is 0.0413. The molecule has 4 rings (SSSR count). The number of rotatable bonds is 2. The molecule has 1 atom stereocenters. The van der Waals surface area contributed by atoms with Gasteiger partial charge in [0.1, 0.15) is 5.84 Å². The SMILES string of the molecule is N=C(N)c1ccc2[nH]cc(C=C3c4ccccc4NC3O)c2c1. The Morgan fingerprint density at radius 1 is 1.22 bits per heavy atom. The third-order valence-corrected chi connectivity index (χ3v) is 4.16. The lowest BCUT2D eigenvalue weighted by molar-refractivity contribution is 0.266. The quantitative estimate of drug-likeness (QED) is 0.372. The summed E-state index contributed by atoms with van der Waals surface area (Å²) in [6.07, 6.45) is 3.13. The standard InChI is InChI=1S/C18H16N4O/c19-17(20)10-5-6-15-13(7-10)11(9-21-15)8-14-12-3-1-2-4-16(12)22-18(14)23/h1-9,18,21-23H,(H3,19,20). The van der Waals surface area contributed by atoms with Crippen LogP contribution in [0.25, 0.3) is 22.6 Å². The predicted molar refractivity (Wildman–Crippen MR) is 93.3 cm³/mol. The van der Waals surface area contributed by atoms with Crippen LogP contribution in [0.2, 0.25) is 0 Å². The first-order valence-electron chi connectivity index (χ1n) is 7.34. The molecule has 0 fully saturated rings. The maximum absolute atomic E-state index is 10.3. The first-order chi connectivity index (χ1) is 11.1. The molecular formula is C18H16N4O. The van der Waals surface area contributed by atoms with Crippen molar-refractivity contribution >= 4 is 34.1 Å². The van der Waals surface area contributed by atoms with Crippen LogP contribution in [-0.4, -0.2) is 22.2 Å². The number of fused-ring (bicyclic) bond motifs is 2. The van der Waals surface area contributed by atoms with Crippen LogP contribution in [-0.2, 0) is 0 Å². The summed E-state index contributed by atoms with van der Waals surface area (Å²) in [4.78, 5) is 3.21. The van der Waals surface area contributed by atoms with Gasteiger partial charge in [-0.15, -0.1) is 0 Å². The molecule has 0 saturated heterocycles. The number of H-pyrrole nitrogens is 1. The van der Waals surface area contributed by atoms with Gasteiger partial charge in [-0.1, -0.05) is 18.2 Å². The maximum Gasteiger partial charge on any atom is 0.151 e. The van der Waals surface area contributed by atoms with Crippen LogP contribution in [0.15, 0.2) is 48.7 Å². The molecule has 6 N–H and O–H groups in total. The summed E-state index contributed by atoms with van der Waals surface area (Å²) in [7, 11) is 0. The number of aromatic amines is 1. The zero-order chi connectivity index (χ0) is 16.0. The summed E-state index contributed by atoms with van der Waals surface area (Å²) >= 11 is 0. The van der Waals surface area contributed by atoms with E-state index in [0.29, 0.717) is 5.56 Å². The fourth-order valence-electron chi connectivity index (χ4n) is 2.99. The molecule has 114 valence electrons. The van der Waals surface area contributed by atoms with Crippen LogP contribution < -0.4 is 11.1 Å². The molecule has 1 aliphatic heterocycles. The second kappa shape index (κ2) is 5.00. The fourth-order valence-corrected chi connectivity index (χ4v) is 2.99. The van der Waals surface area contributed by atoms with Gasteiger partial charge in [-0.25, -0.2) is 0 Å². The highest BCUT2D eigenvalue weighted by Gasteiger charge is 2.23. The van der Waals surface area contributed by atoms with E-state index in [2.05, 4.69) is 10.3 Å². The Kier molecular flexibility index (Phi) is 2.96. The largest absolute Gasteiger partial charge is 0.384 e. The number of aliphatic hydroxyl groups is 1. The summed E-state index contributed by atoms with van der Waals surface area (Å²) < 4.78 is 0. The van der Waals surface area contributed by atoms with Crippen molar-refractivity contribution in [1.82, 2.24) is 4.98 Å². The van der Waals surface area contributed by atoms with Crippen molar-refractivity contribution in [2.24, 2.45) is 5.73 Å². The molecule has 23 heavy (non-hydrogen) atoms. The van der Waals surface area contributed by atoms with Crippen molar-refractivity contribution in [1.29, 1.82) is 5.41 Å². The van der Waals surface area contributed by atoms with Crippen molar-refractivity contribution in [3.05, 3.63) is 65.4 Å². The van der Waals surface area contributed by atoms with Gasteiger partial charge in [0, 0.05) is 45.1 Å². The van der Waals surface area contributed by atoms with Gasteiger partial charge in [-0.2, -0.15) is 0 Å². The Morgan fingerprint density at radius 2 is 2.04 bits per heavy atom. The smallest absolute Gasteiger partial charge is 0.151 e. The van der Waals surface area contributed by atoms with Crippen LogP contribution in [0.1, 0.15) is 16.7 Å². The minimum Gasteiger partial charge on any atom is -0.384 e. The number of hydrogen-bond donors (Lipinski definition) is 5. The monoisotopic (exact) mass is 304 g/mol. The van der Waals surface area contributed by atoms with E-state index in [1.807, 2.05) is 54.7 Å².